The number of nitrogens with one attached hydrogen (secondary N) is 1. The van der Waals surface area contributed by atoms with Crippen LogP contribution < -0.4 is 5.32 Å². The second-order valence-electron chi connectivity index (χ2n) is 3.25. The van der Waals surface area contributed by atoms with Gasteiger partial charge in [-0.05, 0) is 26.3 Å². The van der Waals surface area contributed by atoms with Crippen LogP contribution in [-0.2, 0) is 4.74 Å². The van der Waals surface area contributed by atoms with Gasteiger partial charge in [-0.2, -0.15) is 0 Å². The van der Waals surface area contributed by atoms with E-state index in [1.807, 2.05) is 19.1 Å². The maximum Gasteiger partial charge on any atom is 0.0648 e. The van der Waals surface area contributed by atoms with Crippen LogP contribution in [-0.4, -0.2) is 25.8 Å². The van der Waals surface area contributed by atoms with Crippen LogP contribution in [0.15, 0.2) is 12.2 Å². The van der Waals surface area contributed by atoms with Crippen molar-refractivity contribution in [3.05, 3.63) is 12.2 Å². The van der Waals surface area contributed by atoms with Crippen LogP contribution in [0.5, 0.6) is 0 Å². The number of hydrogen-bond acceptors (Lipinski definition) is 2. The van der Waals surface area contributed by atoms with E-state index in [-0.39, 0.29) is 0 Å². The lowest BCUT2D eigenvalue weighted by Crippen LogP contribution is -2.37. The zero-order valence-electron chi connectivity index (χ0n) is 7.88. The Bertz CT molecular complexity index is 128. The topological polar surface area (TPSA) is 21.3 Å². The van der Waals surface area contributed by atoms with Crippen LogP contribution in [0.3, 0.4) is 0 Å². The Morgan fingerprint density at radius 3 is 3.08 bits per heavy atom. The molecule has 1 saturated heterocycles. The lowest BCUT2D eigenvalue weighted by molar-refractivity contribution is 0.125. The zero-order chi connectivity index (χ0) is 8.65. The van der Waals surface area contributed by atoms with Gasteiger partial charge in [0.05, 0.1) is 13.2 Å². The van der Waals surface area contributed by atoms with Gasteiger partial charge in [0.2, 0.25) is 0 Å². The molecule has 2 heteroatoms. The van der Waals surface area contributed by atoms with Gasteiger partial charge in [0, 0.05) is 6.04 Å². The Morgan fingerprint density at radius 2 is 2.42 bits per heavy atom. The molecule has 0 saturated carbocycles. The Hall–Kier alpha value is -0.340. The predicted octanol–water partition coefficient (Wildman–Crippen LogP) is 1.72. The molecule has 0 radical (unpaired) electrons. The average Bonchev–Trinajstić information content (AvgIpc) is 2.14. The summed E-state index contributed by atoms with van der Waals surface area (Å²) < 4.78 is 5.46. The van der Waals surface area contributed by atoms with Crippen molar-refractivity contribution in [1.82, 2.24) is 5.32 Å². The summed E-state index contributed by atoms with van der Waals surface area (Å²) in [5, 5.41) is 3.45. The van der Waals surface area contributed by atoms with Gasteiger partial charge in [-0.1, -0.05) is 18.6 Å². The standard InChI is InChI=1S/C10H19NO/c1-2-3-8-12-9-10-6-4-5-7-11-10/h2-3,10-11H,4-9H2,1H3. The van der Waals surface area contributed by atoms with E-state index in [9.17, 15) is 0 Å². The molecule has 0 aliphatic carbocycles. The summed E-state index contributed by atoms with van der Waals surface area (Å²) in [4.78, 5) is 0. The Morgan fingerprint density at radius 1 is 1.50 bits per heavy atom. The lowest BCUT2D eigenvalue weighted by Gasteiger charge is -2.22. The molecule has 1 fully saturated rings. The third kappa shape index (κ3) is 3.88. The minimum atomic E-state index is 0.601. The van der Waals surface area contributed by atoms with E-state index >= 15 is 0 Å². The van der Waals surface area contributed by atoms with Gasteiger partial charge >= 0.3 is 0 Å². The average molecular weight is 169 g/mol. The van der Waals surface area contributed by atoms with Crippen molar-refractivity contribution in [3.63, 3.8) is 0 Å². The van der Waals surface area contributed by atoms with Crippen molar-refractivity contribution in [3.8, 4) is 0 Å². The molecule has 0 aromatic rings. The van der Waals surface area contributed by atoms with Gasteiger partial charge < -0.3 is 10.1 Å². The molecular weight excluding hydrogens is 150 g/mol. The second kappa shape index (κ2) is 6.21. The van der Waals surface area contributed by atoms with Crippen LogP contribution in [0.2, 0.25) is 0 Å². The van der Waals surface area contributed by atoms with Gasteiger partial charge in [-0.15, -0.1) is 0 Å². The molecular formula is C10H19NO. The summed E-state index contributed by atoms with van der Waals surface area (Å²) in [5.41, 5.74) is 0. The van der Waals surface area contributed by atoms with Gasteiger partial charge in [0.25, 0.3) is 0 Å². The largest absolute Gasteiger partial charge is 0.376 e. The van der Waals surface area contributed by atoms with Gasteiger partial charge in [0.1, 0.15) is 0 Å². The monoisotopic (exact) mass is 169 g/mol. The molecule has 1 heterocycles. The summed E-state index contributed by atoms with van der Waals surface area (Å²) in [5.74, 6) is 0. The van der Waals surface area contributed by atoms with E-state index < -0.39 is 0 Å². The smallest absolute Gasteiger partial charge is 0.0648 e. The van der Waals surface area contributed by atoms with Crippen molar-refractivity contribution in [1.29, 1.82) is 0 Å². The molecule has 0 bridgehead atoms. The van der Waals surface area contributed by atoms with E-state index in [0.29, 0.717) is 6.04 Å². The Labute approximate surface area is 75.0 Å². The molecule has 12 heavy (non-hydrogen) atoms. The molecule has 1 aliphatic heterocycles. The fourth-order valence-corrected chi connectivity index (χ4v) is 1.44. The fourth-order valence-electron chi connectivity index (χ4n) is 1.44. The van der Waals surface area contributed by atoms with Crippen LogP contribution >= 0.6 is 0 Å². The molecule has 1 rings (SSSR count). The molecule has 1 atom stereocenters. The number of allylic oxidation sites excluding steroid dienone is 1. The molecule has 1 N–H and O–H groups in total. The quantitative estimate of drug-likeness (QED) is 0.511. The SMILES string of the molecule is CC=CCOCC1CCCCN1. The number of piperidine rings is 1. The molecule has 1 unspecified atom stereocenters. The summed E-state index contributed by atoms with van der Waals surface area (Å²) in [7, 11) is 0. The van der Waals surface area contributed by atoms with Crippen LogP contribution in [0.25, 0.3) is 0 Å². The molecule has 0 aromatic carbocycles. The zero-order valence-corrected chi connectivity index (χ0v) is 7.88. The van der Waals surface area contributed by atoms with E-state index in [1.54, 1.807) is 0 Å². The maximum absolute atomic E-state index is 5.46. The normalized spacial score (nSPS) is 24.9. The number of rotatable bonds is 4. The molecule has 70 valence electrons. The van der Waals surface area contributed by atoms with Crippen LogP contribution in [0.4, 0.5) is 0 Å². The highest BCUT2D eigenvalue weighted by Gasteiger charge is 2.11. The number of hydrogen-bond donors (Lipinski definition) is 1. The summed E-state index contributed by atoms with van der Waals surface area (Å²) in [6, 6.07) is 0.601. The van der Waals surface area contributed by atoms with Crippen molar-refractivity contribution in [2.24, 2.45) is 0 Å². The van der Waals surface area contributed by atoms with E-state index in [0.717, 1.165) is 19.8 Å². The first-order valence-corrected chi connectivity index (χ1v) is 4.86. The van der Waals surface area contributed by atoms with Crippen LogP contribution in [0, 0.1) is 0 Å². The van der Waals surface area contributed by atoms with E-state index in [1.165, 1.54) is 19.3 Å². The molecule has 1 aliphatic rings. The van der Waals surface area contributed by atoms with E-state index in [2.05, 4.69) is 5.32 Å². The first kappa shape index (κ1) is 9.75. The van der Waals surface area contributed by atoms with Crippen molar-refractivity contribution in [2.75, 3.05) is 19.8 Å². The molecule has 0 spiro atoms. The molecule has 0 aromatic heterocycles. The summed E-state index contributed by atoms with van der Waals surface area (Å²) >= 11 is 0. The molecule has 0 amide bonds. The van der Waals surface area contributed by atoms with Crippen molar-refractivity contribution in [2.45, 2.75) is 32.2 Å². The minimum Gasteiger partial charge on any atom is -0.376 e. The van der Waals surface area contributed by atoms with Gasteiger partial charge in [0.15, 0.2) is 0 Å². The first-order valence-electron chi connectivity index (χ1n) is 4.86. The highest BCUT2D eigenvalue weighted by Crippen LogP contribution is 2.06. The van der Waals surface area contributed by atoms with Gasteiger partial charge in [-0.3, -0.25) is 0 Å². The van der Waals surface area contributed by atoms with Crippen molar-refractivity contribution >= 4 is 0 Å². The first-order chi connectivity index (χ1) is 5.93. The third-order valence-electron chi connectivity index (χ3n) is 2.18. The van der Waals surface area contributed by atoms with Crippen LogP contribution in [0.1, 0.15) is 26.2 Å². The summed E-state index contributed by atoms with van der Waals surface area (Å²) in [6.45, 7) is 4.80. The van der Waals surface area contributed by atoms with Crippen molar-refractivity contribution < 1.29 is 4.74 Å². The van der Waals surface area contributed by atoms with E-state index in [4.69, 9.17) is 4.74 Å². The second-order valence-corrected chi connectivity index (χ2v) is 3.25. The number of ether oxygens (including phenoxy) is 1. The molecule has 2 nitrogen and oxygen atoms in total. The predicted molar refractivity (Wildman–Crippen MR) is 51.3 cm³/mol. The van der Waals surface area contributed by atoms with Gasteiger partial charge in [-0.25, -0.2) is 0 Å². The fraction of sp³-hybridized carbons (Fsp3) is 0.800. The third-order valence-corrected chi connectivity index (χ3v) is 2.18. The highest BCUT2D eigenvalue weighted by molar-refractivity contribution is 4.77. The lowest BCUT2D eigenvalue weighted by atomic mass is 10.1. The highest BCUT2D eigenvalue weighted by atomic mass is 16.5. The summed E-state index contributed by atoms with van der Waals surface area (Å²) in [6.07, 6.45) is 8.02. The Balaban J connectivity index is 1.97. The Kier molecular flexibility index (Phi) is 5.04. The minimum absolute atomic E-state index is 0.601. The maximum atomic E-state index is 5.46.